The molecule has 2 aromatic heterocycles. The molecule has 5 nitrogen and oxygen atoms in total. The second-order valence-corrected chi connectivity index (χ2v) is 8.08. The topological polar surface area (TPSA) is 81.0 Å². The molecule has 0 saturated carbocycles. The zero-order chi connectivity index (χ0) is 20.8. The summed E-state index contributed by atoms with van der Waals surface area (Å²) >= 11 is 1.51. The molecule has 1 aliphatic heterocycles. The van der Waals surface area contributed by atoms with E-state index in [1.54, 1.807) is 4.57 Å². The van der Waals surface area contributed by atoms with Crippen molar-refractivity contribution in [3.8, 4) is 17.5 Å². The number of fused-ring (bicyclic) bond motifs is 3. The Bertz CT molecular complexity index is 1420. The number of aryl methyl sites for hydroxylation is 1. The van der Waals surface area contributed by atoms with Crippen LogP contribution in [0.15, 0.2) is 82.3 Å². The van der Waals surface area contributed by atoms with Crippen molar-refractivity contribution in [1.29, 1.82) is 5.26 Å². The molecule has 0 fully saturated rings. The van der Waals surface area contributed by atoms with Crippen LogP contribution in [0, 0.1) is 18.3 Å². The molecule has 0 saturated heterocycles. The van der Waals surface area contributed by atoms with Gasteiger partial charge in [-0.15, -0.1) is 11.3 Å². The minimum absolute atomic E-state index is 0.0461. The molecule has 0 aliphatic carbocycles. The average molecular weight is 411 g/mol. The van der Waals surface area contributed by atoms with E-state index in [0.717, 1.165) is 27.0 Å². The number of allylic oxidation sites excluding steroid dienone is 1. The first-order valence-electron chi connectivity index (χ1n) is 9.46. The summed E-state index contributed by atoms with van der Waals surface area (Å²) in [7, 11) is 0. The lowest BCUT2D eigenvalue weighted by molar-refractivity contribution is 0.397. The number of hydrogen-bond acceptors (Lipinski definition) is 5. The molecule has 2 aromatic carbocycles. The minimum Gasteiger partial charge on any atom is -0.439 e. The smallest absolute Gasteiger partial charge is 0.263 e. The molecule has 0 radical (unpaired) electrons. The van der Waals surface area contributed by atoms with Crippen LogP contribution in [-0.2, 0) is 0 Å². The zero-order valence-electron chi connectivity index (χ0n) is 16.1. The molecule has 4 aromatic rings. The van der Waals surface area contributed by atoms with Gasteiger partial charge in [-0.25, -0.2) is 0 Å². The molecular weight excluding hydrogens is 394 g/mol. The third-order valence-corrected chi connectivity index (χ3v) is 6.51. The fourth-order valence-corrected chi connectivity index (χ4v) is 5.09. The second-order valence-electron chi connectivity index (χ2n) is 7.13. The third-order valence-electron chi connectivity index (χ3n) is 5.42. The maximum Gasteiger partial charge on any atom is 0.263 e. The van der Waals surface area contributed by atoms with E-state index in [1.165, 1.54) is 11.3 Å². The molecule has 0 amide bonds. The number of thiophene rings is 1. The summed E-state index contributed by atoms with van der Waals surface area (Å²) in [5.41, 5.74) is 9.15. The number of para-hydroxylation sites is 2. The highest BCUT2D eigenvalue weighted by Gasteiger charge is 2.37. The number of rotatable bonds is 2. The van der Waals surface area contributed by atoms with Gasteiger partial charge in [-0.1, -0.05) is 30.3 Å². The monoisotopic (exact) mass is 411 g/mol. The predicted octanol–water partition coefficient (Wildman–Crippen LogP) is 4.58. The largest absolute Gasteiger partial charge is 0.439 e. The van der Waals surface area contributed by atoms with Crippen LogP contribution in [0.1, 0.15) is 21.9 Å². The van der Waals surface area contributed by atoms with Crippen molar-refractivity contribution in [3.05, 3.63) is 104 Å². The van der Waals surface area contributed by atoms with Crippen molar-refractivity contribution < 1.29 is 4.74 Å². The van der Waals surface area contributed by atoms with Gasteiger partial charge in [0.1, 0.15) is 17.4 Å². The van der Waals surface area contributed by atoms with Gasteiger partial charge in [0.05, 0.1) is 17.0 Å². The van der Waals surface area contributed by atoms with Crippen LogP contribution in [0.5, 0.6) is 5.75 Å². The van der Waals surface area contributed by atoms with Crippen LogP contribution in [0.2, 0.25) is 0 Å². The summed E-state index contributed by atoms with van der Waals surface area (Å²) in [5.74, 6) is -0.0901. The lowest BCUT2D eigenvalue weighted by Crippen LogP contribution is -2.31. The highest BCUT2D eigenvalue weighted by Crippen LogP contribution is 2.45. The van der Waals surface area contributed by atoms with Crippen LogP contribution in [0.4, 0.5) is 0 Å². The minimum atomic E-state index is -0.564. The van der Waals surface area contributed by atoms with Gasteiger partial charge in [-0.05, 0) is 48.2 Å². The molecule has 3 heterocycles. The molecule has 30 heavy (non-hydrogen) atoms. The van der Waals surface area contributed by atoms with Crippen molar-refractivity contribution in [2.45, 2.75) is 12.8 Å². The summed E-state index contributed by atoms with van der Waals surface area (Å²) in [4.78, 5) is 14.9. The SMILES string of the molecule is Cc1ccsc1C1C(C#N)=C(N)Oc2c1c(=O)n(-c1ccccc1)c1ccccc21. The lowest BCUT2D eigenvalue weighted by atomic mass is 9.86. The van der Waals surface area contributed by atoms with Crippen molar-refractivity contribution in [2.75, 3.05) is 0 Å². The predicted molar refractivity (Wildman–Crippen MR) is 118 cm³/mol. The number of benzene rings is 2. The van der Waals surface area contributed by atoms with E-state index >= 15 is 0 Å². The van der Waals surface area contributed by atoms with E-state index in [1.807, 2.05) is 73.0 Å². The summed E-state index contributed by atoms with van der Waals surface area (Å²) in [6.45, 7) is 1.98. The number of nitriles is 1. The molecule has 1 aliphatic rings. The van der Waals surface area contributed by atoms with Gasteiger partial charge in [-0.3, -0.25) is 9.36 Å². The standard InChI is InChI=1S/C24H17N3O2S/c1-14-11-12-30-22(14)19-17(13-25)23(26)29-21-16-9-5-6-10-18(16)27(24(28)20(19)21)15-7-3-2-4-8-15/h2-12,19H,26H2,1H3. The molecule has 1 unspecified atom stereocenters. The van der Waals surface area contributed by atoms with Gasteiger partial charge < -0.3 is 10.5 Å². The number of nitrogens with two attached hydrogens (primary N) is 1. The van der Waals surface area contributed by atoms with Gasteiger partial charge >= 0.3 is 0 Å². The first-order valence-corrected chi connectivity index (χ1v) is 10.3. The summed E-state index contributed by atoms with van der Waals surface area (Å²) < 4.78 is 7.60. The van der Waals surface area contributed by atoms with E-state index in [9.17, 15) is 10.1 Å². The Labute approximate surface area is 176 Å². The number of pyridine rings is 1. The first-order chi connectivity index (χ1) is 14.6. The van der Waals surface area contributed by atoms with E-state index in [4.69, 9.17) is 10.5 Å². The van der Waals surface area contributed by atoms with Gasteiger partial charge in [0, 0.05) is 16.0 Å². The maximum atomic E-state index is 13.9. The van der Waals surface area contributed by atoms with Gasteiger partial charge in [0.15, 0.2) is 0 Å². The quantitative estimate of drug-likeness (QED) is 0.524. The highest BCUT2D eigenvalue weighted by atomic mass is 32.1. The molecular formula is C24H17N3O2S. The Morgan fingerprint density at radius 3 is 2.53 bits per heavy atom. The molecule has 0 bridgehead atoms. The highest BCUT2D eigenvalue weighted by molar-refractivity contribution is 7.10. The van der Waals surface area contributed by atoms with E-state index < -0.39 is 5.92 Å². The lowest BCUT2D eigenvalue weighted by Gasteiger charge is -2.28. The normalized spacial score (nSPS) is 15.5. The Morgan fingerprint density at radius 1 is 1.10 bits per heavy atom. The second kappa shape index (κ2) is 6.90. The van der Waals surface area contributed by atoms with Gasteiger partial charge in [0.2, 0.25) is 5.88 Å². The molecule has 1 atom stereocenters. The van der Waals surface area contributed by atoms with Crippen LogP contribution < -0.4 is 16.0 Å². The van der Waals surface area contributed by atoms with Crippen molar-refractivity contribution >= 4 is 22.2 Å². The molecule has 6 heteroatoms. The fraction of sp³-hybridized carbons (Fsp3) is 0.0833. The van der Waals surface area contributed by atoms with Crippen LogP contribution in [0.3, 0.4) is 0 Å². The van der Waals surface area contributed by atoms with Crippen molar-refractivity contribution in [2.24, 2.45) is 5.73 Å². The summed E-state index contributed by atoms with van der Waals surface area (Å²) in [6, 6.07) is 21.2. The Kier molecular flexibility index (Phi) is 4.19. The number of ether oxygens (including phenoxy) is 1. The Morgan fingerprint density at radius 2 is 1.83 bits per heavy atom. The maximum absolute atomic E-state index is 13.9. The van der Waals surface area contributed by atoms with Crippen molar-refractivity contribution in [1.82, 2.24) is 4.57 Å². The Hall–Kier alpha value is -3.82. The first kappa shape index (κ1) is 18.2. The van der Waals surface area contributed by atoms with Crippen LogP contribution in [0.25, 0.3) is 16.6 Å². The van der Waals surface area contributed by atoms with Crippen LogP contribution in [-0.4, -0.2) is 4.57 Å². The zero-order valence-corrected chi connectivity index (χ0v) is 16.9. The average Bonchev–Trinajstić information content (AvgIpc) is 3.19. The van der Waals surface area contributed by atoms with Crippen LogP contribution >= 0.6 is 11.3 Å². The van der Waals surface area contributed by atoms with E-state index in [-0.39, 0.29) is 17.0 Å². The third kappa shape index (κ3) is 2.56. The number of aromatic nitrogens is 1. The van der Waals surface area contributed by atoms with Gasteiger partial charge in [0.25, 0.3) is 5.56 Å². The number of hydrogen-bond donors (Lipinski definition) is 1. The fourth-order valence-electron chi connectivity index (χ4n) is 4.04. The summed E-state index contributed by atoms with van der Waals surface area (Å²) in [5, 5.41) is 12.6. The number of nitrogens with zero attached hydrogens (tertiary/aromatic N) is 2. The molecule has 2 N–H and O–H groups in total. The van der Waals surface area contributed by atoms with Crippen molar-refractivity contribution in [3.63, 3.8) is 0 Å². The Balaban J connectivity index is 1.95. The molecule has 5 rings (SSSR count). The van der Waals surface area contributed by atoms with Gasteiger partial charge in [-0.2, -0.15) is 5.26 Å². The van der Waals surface area contributed by atoms with E-state index in [2.05, 4.69) is 6.07 Å². The molecule has 0 spiro atoms. The summed E-state index contributed by atoms with van der Waals surface area (Å²) in [6.07, 6.45) is 0. The molecule has 146 valence electrons. The van der Waals surface area contributed by atoms with E-state index in [0.29, 0.717) is 11.3 Å².